The molecule has 2 N–H and O–H groups in total. The predicted octanol–water partition coefficient (Wildman–Crippen LogP) is 4.14. The van der Waals surface area contributed by atoms with E-state index in [-0.39, 0.29) is 11.7 Å². The van der Waals surface area contributed by atoms with Gasteiger partial charge < -0.3 is 10.6 Å². The van der Waals surface area contributed by atoms with E-state index in [4.69, 9.17) is 0 Å². The van der Waals surface area contributed by atoms with Crippen molar-refractivity contribution in [2.75, 3.05) is 17.7 Å². The Morgan fingerprint density at radius 2 is 1.71 bits per heavy atom. The van der Waals surface area contributed by atoms with Gasteiger partial charge in [-0.15, -0.1) is 0 Å². The molecule has 0 saturated heterocycles. The van der Waals surface area contributed by atoms with Crippen molar-refractivity contribution >= 4 is 17.3 Å². The van der Waals surface area contributed by atoms with Crippen LogP contribution in [0.1, 0.15) is 36.7 Å². The zero-order valence-electron chi connectivity index (χ0n) is 13.1. The highest BCUT2D eigenvalue weighted by Crippen LogP contribution is 2.27. The van der Waals surface area contributed by atoms with E-state index in [9.17, 15) is 4.39 Å². The molecule has 1 aromatic carbocycles. The van der Waals surface area contributed by atoms with Crippen LogP contribution in [0.4, 0.5) is 21.7 Å². The SMILES string of the molecule is CNc1nc(C(C)C)nc(Nc2cccc(F)c2C)c1C. The van der Waals surface area contributed by atoms with Crippen LogP contribution in [0, 0.1) is 19.7 Å². The van der Waals surface area contributed by atoms with E-state index in [0.717, 1.165) is 17.2 Å². The Kier molecular flexibility index (Phi) is 4.40. The summed E-state index contributed by atoms with van der Waals surface area (Å²) in [6.45, 7) is 7.77. The second-order valence-corrected chi connectivity index (χ2v) is 5.35. The number of nitrogens with zero attached hydrogens (tertiary/aromatic N) is 2. The van der Waals surface area contributed by atoms with Gasteiger partial charge in [-0.05, 0) is 26.0 Å². The van der Waals surface area contributed by atoms with Crippen LogP contribution >= 0.6 is 0 Å². The number of anilines is 3. The van der Waals surface area contributed by atoms with Crippen LogP contribution in [0.2, 0.25) is 0 Å². The van der Waals surface area contributed by atoms with Gasteiger partial charge in [0, 0.05) is 29.8 Å². The van der Waals surface area contributed by atoms with Gasteiger partial charge in [0.2, 0.25) is 0 Å². The molecule has 0 unspecified atom stereocenters. The molecule has 21 heavy (non-hydrogen) atoms. The number of hydrogen-bond donors (Lipinski definition) is 2. The van der Waals surface area contributed by atoms with Crippen LogP contribution in [0.3, 0.4) is 0 Å². The van der Waals surface area contributed by atoms with Crippen LogP contribution in [-0.2, 0) is 0 Å². The quantitative estimate of drug-likeness (QED) is 0.887. The van der Waals surface area contributed by atoms with Crippen LogP contribution in [0.15, 0.2) is 18.2 Å². The number of nitrogens with one attached hydrogen (secondary N) is 2. The number of rotatable bonds is 4. The first-order chi connectivity index (χ1) is 9.93. The smallest absolute Gasteiger partial charge is 0.139 e. The van der Waals surface area contributed by atoms with Gasteiger partial charge in [-0.1, -0.05) is 19.9 Å². The van der Waals surface area contributed by atoms with Gasteiger partial charge in [0.25, 0.3) is 0 Å². The molecule has 0 radical (unpaired) electrons. The maximum atomic E-state index is 13.7. The summed E-state index contributed by atoms with van der Waals surface area (Å²) in [4.78, 5) is 9.06. The molecule has 0 spiro atoms. The normalized spacial score (nSPS) is 10.8. The molecular weight excluding hydrogens is 267 g/mol. The van der Waals surface area contributed by atoms with Crippen LogP contribution in [0.25, 0.3) is 0 Å². The summed E-state index contributed by atoms with van der Waals surface area (Å²) in [5, 5.41) is 6.30. The fraction of sp³-hybridized carbons (Fsp3) is 0.375. The predicted molar refractivity (Wildman–Crippen MR) is 84.8 cm³/mol. The fourth-order valence-electron chi connectivity index (χ4n) is 2.03. The zero-order chi connectivity index (χ0) is 15.6. The molecular formula is C16H21FN4. The second-order valence-electron chi connectivity index (χ2n) is 5.35. The molecule has 1 aromatic heterocycles. The van der Waals surface area contributed by atoms with Gasteiger partial charge >= 0.3 is 0 Å². The van der Waals surface area contributed by atoms with Crippen LogP contribution in [0.5, 0.6) is 0 Å². The van der Waals surface area contributed by atoms with Crippen molar-refractivity contribution in [2.45, 2.75) is 33.6 Å². The van der Waals surface area contributed by atoms with Gasteiger partial charge in [-0.2, -0.15) is 0 Å². The van der Waals surface area contributed by atoms with Gasteiger partial charge in [0.1, 0.15) is 23.3 Å². The lowest BCUT2D eigenvalue weighted by Crippen LogP contribution is -2.09. The third-order valence-electron chi connectivity index (χ3n) is 3.44. The van der Waals surface area contributed by atoms with Crippen molar-refractivity contribution in [3.63, 3.8) is 0 Å². The van der Waals surface area contributed by atoms with Crippen LogP contribution < -0.4 is 10.6 Å². The van der Waals surface area contributed by atoms with Crippen molar-refractivity contribution in [1.82, 2.24) is 9.97 Å². The minimum atomic E-state index is -0.232. The molecule has 0 aliphatic carbocycles. The number of benzene rings is 1. The Bertz CT molecular complexity index is 653. The number of hydrogen-bond acceptors (Lipinski definition) is 4. The molecule has 0 bridgehead atoms. The van der Waals surface area contributed by atoms with E-state index in [1.807, 2.05) is 33.9 Å². The topological polar surface area (TPSA) is 49.8 Å². The average molecular weight is 288 g/mol. The molecule has 4 nitrogen and oxygen atoms in total. The van der Waals surface area contributed by atoms with E-state index in [2.05, 4.69) is 20.6 Å². The van der Waals surface area contributed by atoms with Crippen molar-refractivity contribution < 1.29 is 4.39 Å². The Morgan fingerprint density at radius 3 is 2.33 bits per heavy atom. The lowest BCUT2D eigenvalue weighted by molar-refractivity contribution is 0.619. The zero-order valence-corrected chi connectivity index (χ0v) is 13.1. The third kappa shape index (κ3) is 3.12. The summed E-state index contributed by atoms with van der Waals surface area (Å²) < 4.78 is 13.7. The van der Waals surface area contributed by atoms with Crippen molar-refractivity contribution in [3.8, 4) is 0 Å². The first-order valence-electron chi connectivity index (χ1n) is 7.02. The number of aromatic nitrogens is 2. The van der Waals surface area contributed by atoms with E-state index in [0.29, 0.717) is 17.1 Å². The minimum Gasteiger partial charge on any atom is -0.373 e. The Hall–Kier alpha value is -2.17. The molecule has 112 valence electrons. The van der Waals surface area contributed by atoms with E-state index in [1.54, 1.807) is 13.0 Å². The summed E-state index contributed by atoms with van der Waals surface area (Å²) in [6, 6.07) is 4.98. The lowest BCUT2D eigenvalue weighted by atomic mass is 10.1. The fourth-order valence-corrected chi connectivity index (χ4v) is 2.03. The third-order valence-corrected chi connectivity index (χ3v) is 3.44. The maximum Gasteiger partial charge on any atom is 0.139 e. The Labute approximate surface area is 124 Å². The molecule has 0 aliphatic rings. The maximum absolute atomic E-state index is 13.7. The standard InChI is InChI=1S/C16H21FN4/c1-9(2)14-20-15(18-5)11(4)16(21-14)19-13-8-6-7-12(17)10(13)3/h6-9H,1-5H3,(H2,18,19,20,21). The van der Waals surface area contributed by atoms with Gasteiger partial charge in [0.15, 0.2) is 0 Å². The monoisotopic (exact) mass is 288 g/mol. The van der Waals surface area contributed by atoms with E-state index < -0.39 is 0 Å². The second kappa shape index (κ2) is 6.08. The average Bonchev–Trinajstić information content (AvgIpc) is 2.45. The highest BCUT2D eigenvalue weighted by atomic mass is 19.1. The van der Waals surface area contributed by atoms with Crippen molar-refractivity contribution in [2.24, 2.45) is 0 Å². The Morgan fingerprint density at radius 1 is 1.05 bits per heavy atom. The molecule has 0 atom stereocenters. The first kappa shape index (κ1) is 15.2. The molecule has 0 aliphatic heterocycles. The highest BCUT2D eigenvalue weighted by molar-refractivity contribution is 5.66. The largest absolute Gasteiger partial charge is 0.373 e. The lowest BCUT2D eigenvalue weighted by Gasteiger charge is -2.16. The van der Waals surface area contributed by atoms with Crippen molar-refractivity contribution in [1.29, 1.82) is 0 Å². The molecule has 1 heterocycles. The minimum absolute atomic E-state index is 0.215. The summed E-state index contributed by atoms with van der Waals surface area (Å²) in [5.74, 6) is 2.22. The molecule has 0 amide bonds. The summed E-state index contributed by atoms with van der Waals surface area (Å²) >= 11 is 0. The summed E-state index contributed by atoms with van der Waals surface area (Å²) in [7, 11) is 1.83. The summed E-state index contributed by atoms with van der Waals surface area (Å²) in [6.07, 6.45) is 0. The molecule has 0 fully saturated rings. The first-order valence-corrected chi connectivity index (χ1v) is 7.02. The molecule has 5 heteroatoms. The molecule has 2 rings (SSSR count). The Balaban J connectivity index is 2.48. The van der Waals surface area contributed by atoms with Gasteiger partial charge in [-0.25, -0.2) is 14.4 Å². The molecule has 2 aromatic rings. The molecule has 0 saturated carbocycles. The van der Waals surface area contributed by atoms with E-state index >= 15 is 0 Å². The van der Waals surface area contributed by atoms with Gasteiger partial charge in [0.05, 0.1) is 0 Å². The van der Waals surface area contributed by atoms with Gasteiger partial charge in [-0.3, -0.25) is 0 Å². The van der Waals surface area contributed by atoms with E-state index in [1.165, 1.54) is 6.07 Å². The highest BCUT2D eigenvalue weighted by Gasteiger charge is 2.13. The van der Waals surface area contributed by atoms with Crippen LogP contribution in [-0.4, -0.2) is 17.0 Å². The number of halogens is 1. The van der Waals surface area contributed by atoms with Crippen molar-refractivity contribution in [3.05, 3.63) is 41.0 Å². The summed E-state index contributed by atoms with van der Waals surface area (Å²) in [5.41, 5.74) is 2.20.